The van der Waals surface area contributed by atoms with Gasteiger partial charge in [-0.15, -0.1) is 6.58 Å². The number of ether oxygens (including phenoxy) is 1. The van der Waals surface area contributed by atoms with E-state index in [-0.39, 0.29) is 12.0 Å². The van der Waals surface area contributed by atoms with E-state index < -0.39 is 0 Å². The second-order valence-corrected chi connectivity index (χ2v) is 6.06. The zero-order valence-corrected chi connectivity index (χ0v) is 13.9. The summed E-state index contributed by atoms with van der Waals surface area (Å²) in [7, 11) is 0. The molecule has 124 valence electrons. The Morgan fingerprint density at radius 2 is 2.17 bits per heavy atom. The van der Waals surface area contributed by atoms with Crippen molar-refractivity contribution < 1.29 is 9.53 Å². The van der Waals surface area contributed by atoms with Crippen LogP contribution in [0.1, 0.15) is 18.4 Å². The lowest BCUT2D eigenvalue weighted by Crippen LogP contribution is -2.34. The second-order valence-electron chi connectivity index (χ2n) is 5.65. The van der Waals surface area contributed by atoms with Gasteiger partial charge >= 0.3 is 0 Å². The van der Waals surface area contributed by atoms with Crippen LogP contribution in [0.2, 0.25) is 5.02 Å². The summed E-state index contributed by atoms with van der Waals surface area (Å²) in [5, 5.41) is 3.45. The maximum absolute atomic E-state index is 11.7. The Hall–Kier alpha value is -2.40. The molecule has 1 aromatic carbocycles. The van der Waals surface area contributed by atoms with Gasteiger partial charge in [0.2, 0.25) is 5.91 Å². The lowest BCUT2D eigenvalue weighted by Gasteiger charge is -2.12. The lowest BCUT2D eigenvalue weighted by atomic mass is 10.0. The van der Waals surface area contributed by atoms with Gasteiger partial charge in [0.05, 0.1) is 11.6 Å². The van der Waals surface area contributed by atoms with E-state index in [1.807, 2.05) is 12.1 Å². The number of rotatable bonds is 6. The monoisotopic (exact) mass is 343 g/mol. The first-order valence-corrected chi connectivity index (χ1v) is 8.17. The fraction of sp³-hybridized carbons (Fsp3) is 0.278. The minimum atomic E-state index is -0.104. The van der Waals surface area contributed by atoms with E-state index in [1.54, 1.807) is 18.5 Å². The third-order valence-electron chi connectivity index (χ3n) is 3.85. The van der Waals surface area contributed by atoms with E-state index in [4.69, 9.17) is 16.3 Å². The highest BCUT2D eigenvalue weighted by atomic mass is 35.5. The number of fused-ring (bicyclic) bond motifs is 1. The molecule has 5 nitrogen and oxygen atoms in total. The molecule has 2 heterocycles. The Kier molecular flexibility index (Phi) is 5.11. The summed E-state index contributed by atoms with van der Waals surface area (Å²) in [6, 6.07) is 3.89. The van der Waals surface area contributed by atoms with Crippen LogP contribution in [-0.2, 0) is 11.2 Å². The predicted molar refractivity (Wildman–Crippen MR) is 93.0 cm³/mol. The van der Waals surface area contributed by atoms with E-state index in [0.29, 0.717) is 36.6 Å². The third kappa shape index (κ3) is 3.74. The van der Waals surface area contributed by atoms with E-state index in [0.717, 1.165) is 16.7 Å². The van der Waals surface area contributed by atoms with Gasteiger partial charge in [0.15, 0.2) is 0 Å². The molecule has 1 aromatic heterocycles. The molecule has 1 N–H and O–H groups in total. The van der Waals surface area contributed by atoms with Crippen molar-refractivity contribution in [3.05, 3.63) is 54.1 Å². The van der Waals surface area contributed by atoms with Crippen LogP contribution < -0.4 is 10.1 Å². The molecule has 24 heavy (non-hydrogen) atoms. The van der Waals surface area contributed by atoms with Gasteiger partial charge in [-0.1, -0.05) is 17.7 Å². The molecule has 0 radical (unpaired) electrons. The number of nitrogens with zero attached hydrogens (tertiary/aromatic N) is 2. The normalized spacial score (nSPS) is 15.5. The predicted octanol–water partition coefficient (Wildman–Crippen LogP) is 3.18. The number of benzene rings is 1. The van der Waals surface area contributed by atoms with Gasteiger partial charge in [-0.25, -0.2) is 9.97 Å². The average molecular weight is 344 g/mol. The number of carbonyl (C=O) groups excluding carboxylic acids is 1. The van der Waals surface area contributed by atoms with Crippen LogP contribution in [0.4, 0.5) is 0 Å². The molecule has 1 aliphatic heterocycles. The smallest absolute Gasteiger partial charge is 0.220 e. The van der Waals surface area contributed by atoms with Crippen LogP contribution in [0, 0.1) is 0 Å². The number of hydrogen-bond acceptors (Lipinski definition) is 4. The summed E-state index contributed by atoms with van der Waals surface area (Å²) < 4.78 is 5.89. The van der Waals surface area contributed by atoms with Crippen LogP contribution in [0.5, 0.6) is 5.75 Å². The van der Waals surface area contributed by atoms with Crippen molar-refractivity contribution in [1.82, 2.24) is 15.3 Å². The quantitative estimate of drug-likeness (QED) is 0.818. The maximum Gasteiger partial charge on any atom is 0.220 e. The molecule has 0 fully saturated rings. The number of nitrogens with one attached hydrogen (secondary N) is 1. The highest BCUT2D eigenvalue weighted by Gasteiger charge is 2.26. The standard InChI is InChI=1S/C18H18ClN3O2/c1-2-3-4-17(23)22-10-15-6-13-5-12(7-16(19)18(13)24-15)14-8-20-11-21-9-14/h2,5,7-9,11,15H,1,3-4,6,10H2,(H,22,23)/t15-/m1/s1. The molecule has 0 saturated carbocycles. The molecule has 0 unspecified atom stereocenters. The van der Waals surface area contributed by atoms with Gasteiger partial charge in [-0.2, -0.15) is 0 Å². The summed E-state index contributed by atoms with van der Waals surface area (Å²) in [6.45, 7) is 4.08. The fourth-order valence-corrected chi connectivity index (χ4v) is 2.95. The number of aromatic nitrogens is 2. The molecular weight excluding hydrogens is 326 g/mol. The summed E-state index contributed by atoms with van der Waals surface area (Å²) in [4.78, 5) is 19.7. The van der Waals surface area contributed by atoms with Crippen molar-refractivity contribution >= 4 is 17.5 Å². The van der Waals surface area contributed by atoms with Crippen LogP contribution in [-0.4, -0.2) is 28.5 Å². The zero-order valence-electron chi connectivity index (χ0n) is 13.2. The van der Waals surface area contributed by atoms with Crippen molar-refractivity contribution in [2.45, 2.75) is 25.4 Å². The Morgan fingerprint density at radius 3 is 2.92 bits per heavy atom. The topological polar surface area (TPSA) is 64.1 Å². The van der Waals surface area contributed by atoms with E-state index in [9.17, 15) is 4.79 Å². The number of carbonyl (C=O) groups is 1. The van der Waals surface area contributed by atoms with E-state index in [2.05, 4.69) is 21.9 Å². The third-order valence-corrected chi connectivity index (χ3v) is 4.13. The molecule has 0 saturated heterocycles. The molecular formula is C18H18ClN3O2. The fourth-order valence-electron chi connectivity index (χ4n) is 2.67. The average Bonchev–Trinajstić information content (AvgIpc) is 3.02. The van der Waals surface area contributed by atoms with Crippen molar-refractivity contribution in [3.63, 3.8) is 0 Å². The van der Waals surface area contributed by atoms with Crippen molar-refractivity contribution in [1.29, 1.82) is 0 Å². The zero-order chi connectivity index (χ0) is 16.9. The summed E-state index contributed by atoms with van der Waals surface area (Å²) >= 11 is 6.36. The van der Waals surface area contributed by atoms with Crippen LogP contribution in [0.15, 0.2) is 43.5 Å². The number of allylic oxidation sites excluding steroid dienone is 1. The van der Waals surface area contributed by atoms with Crippen LogP contribution in [0.25, 0.3) is 11.1 Å². The van der Waals surface area contributed by atoms with Crippen molar-refractivity contribution in [2.75, 3.05) is 6.54 Å². The van der Waals surface area contributed by atoms with Gasteiger partial charge in [0.1, 0.15) is 18.2 Å². The first kappa shape index (κ1) is 16.5. The van der Waals surface area contributed by atoms with Gasteiger partial charge in [0.25, 0.3) is 0 Å². The summed E-state index contributed by atoms with van der Waals surface area (Å²) in [5.74, 6) is 0.699. The molecule has 1 amide bonds. The lowest BCUT2D eigenvalue weighted by molar-refractivity contribution is -0.121. The molecule has 0 aliphatic carbocycles. The Balaban J connectivity index is 1.68. The molecule has 2 aromatic rings. The highest BCUT2D eigenvalue weighted by Crippen LogP contribution is 2.39. The Morgan fingerprint density at radius 1 is 1.38 bits per heavy atom. The van der Waals surface area contributed by atoms with Crippen LogP contribution >= 0.6 is 11.6 Å². The number of amides is 1. The minimum absolute atomic E-state index is 0.00248. The Labute approximate surface area is 145 Å². The van der Waals surface area contributed by atoms with Gasteiger partial charge in [0, 0.05) is 36.4 Å². The molecule has 3 rings (SSSR count). The second kappa shape index (κ2) is 7.45. The summed E-state index contributed by atoms with van der Waals surface area (Å²) in [5.41, 5.74) is 2.90. The van der Waals surface area contributed by atoms with Crippen molar-refractivity contribution in [3.8, 4) is 16.9 Å². The van der Waals surface area contributed by atoms with Gasteiger partial charge in [-0.3, -0.25) is 4.79 Å². The van der Waals surface area contributed by atoms with Crippen molar-refractivity contribution in [2.24, 2.45) is 0 Å². The van der Waals surface area contributed by atoms with Crippen LogP contribution in [0.3, 0.4) is 0 Å². The maximum atomic E-state index is 11.7. The molecule has 1 atom stereocenters. The largest absolute Gasteiger partial charge is 0.486 e. The SMILES string of the molecule is C=CCCC(=O)NC[C@H]1Cc2cc(-c3cncnc3)cc(Cl)c2O1. The highest BCUT2D eigenvalue weighted by molar-refractivity contribution is 6.32. The molecule has 0 spiro atoms. The Bertz CT molecular complexity index is 749. The first-order valence-electron chi connectivity index (χ1n) is 7.79. The molecule has 6 heteroatoms. The molecule has 1 aliphatic rings. The van der Waals surface area contributed by atoms with Gasteiger partial charge < -0.3 is 10.1 Å². The summed E-state index contributed by atoms with van der Waals surface area (Å²) in [6.07, 6.45) is 8.44. The van der Waals surface area contributed by atoms with E-state index in [1.165, 1.54) is 6.33 Å². The first-order chi connectivity index (χ1) is 11.7. The van der Waals surface area contributed by atoms with Gasteiger partial charge in [-0.05, 0) is 24.1 Å². The van der Waals surface area contributed by atoms with E-state index >= 15 is 0 Å². The molecule has 0 bridgehead atoms. The number of hydrogen-bond donors (Lipinski definition) is 1. The number of halogens is 1. The minimum Gasteiger partial charge on any atom is -0.486 e.